The summed E-state index contributed by atoms with van der Waals surface area (Å²) in [5, 5.41) is 0. The molecule has 2 rings (SSSR count). The SMILES string of the molecule is Cc1cccc(C(Cc2cccc(F)c2Br)NN)c1C. The van der Waals surface area contributed by atoms with Crippen molar-refractivity contribution in [3.8, 4) is 0 Å². The summed E-state index contributed by atoms with van der Waals surface area (Å²) < 4.78 is 14.1. The van der Waals surface area contributed by atoms with Gasteiger partial charge in [0.15, 0.2) is 0 Å². The quantitative estimate of drug-likeness (QED) is 0.655. The molecule has 0 saturated carbocycles. The smallest absolute Gasteiger partial charge is 0.137 e. The van der Waals surface area contributed by atoms with E-state index in [2.05, 4.69) is 47.3 Å². The van der Waals surface area contributed by atoms with Crippen molar-refractivity contribution in [3.05, 3.63) is 68.9 Å². The summed E-state index contributed by atoms with van der Waals surface area (Å²) in [5.41, 5.74) is 7.31. The standard InChI is InChI=1S/C16H18BrFN2/c1-10-5-3-7-13(11(10)2)15(20-19)9-12-6-4-8-14(18)16(12)17/h3-8,15,20H,9,19H2,1-2H3. The van der Waals surface area contributed by atoms with Gasteiger partial charge in [0.25, 0.3) is 0 Å². The predicted molar refractivity (Wildman–Crippen MR) is 83.8 cm³/mol. The third-order valence-electron chi connectivity index (χ3n) is 3.68. The fourth-order valence-electron chi connectivity index (χ4n) is 2.34. The molecule has 2 aromatic carbocycles. The van der Waals surface area contributed by atoms with Gasteiger partial charge in [-0.3, -0.25) is 11.3 Å². The second-order valence-electron chi connectivity index (χ2n) is 4.93. The highest BCUT2D eigenvalue weighted by Crippen LogP contribution is 2.27. The lowest BCUT2D eigenvalue weighted by atomic mass is 9.93. The van der Waals surface area contributed by atoms with Crippen LogP contribution in [0.25, 0.3) is 0 Å². The molecule has 4 heteroatoms. The Morgan fingerprint density at radius 1 is 1.20 bits per heavy atom. The maximum absolute atomic E-state index is 13.6. The molecule has 1 atom stereocenters. The Hall–Kier alpha value is -1.23. The second kappa shape index (κ2) is 6.48. The van der Waals surface area contributed by atoms with E-state index in [1.54, 1.807) is 6.07 Å². The van der Waals surface area contributed by atoms with Crippen LogP contribution in [0.4, 0.5) is 4.39 Å². The van der Waals surface area contributed by atoms with E-state index in [-0.39, 0.29) is 11.9 Å². The van der Waals surface area contributed by atoms with Crippen LogP contribution in [0.15, 0.2) is 40.9 Å². The van der Waals surface area contributed by atoms with E-state index in [1.165, 1.54) is 17.2 Å². The van der Waals surface area contributed by atoms with Crippen LogP contribution in [0.1, 0.15) is 28.3 Å². The Balaban J connectivity index is 2.34. The molecule has 106 valence electrons. The van der Waals surface area contributed by atoms with Crippen LogP contribution in [-0.2, 0) is 6.42 Å². The maximum atomic E-state index is 13.6. The van der Waals surface area contributed by atoms with Crippen LogP contribution in [0, 0.1) is 19.7 Å². The van der Waals surface area contributed by atoms with Gasteiger partial charge in [-0.2, -0.15) is 0 Å². The van der Waals surface area contributed by atoms with E-state index in [0.29, 0.717) is 10.9 Å². The van der Waals surface area contributed by atoms with Gasteiger partial charge in [0, 0.05) is 0 Å². The van der Waals surface area contributed by atoms with Crippen molar-refractivity contribution in [3.63, 3.8) is 0 Å². The summed E-state index contributed by atoms with van der Waals surface area (Å²) >= 11 is 3.30. The Kier molecular flexibility index (Phi) is 4.91. The van der Waals surface area contributed by atoms with Gasteiger partial charge in [-0.05, 0) is 64.5 Å². The first-order valence-electron chi connectivity index (χ1n) is 6.49. The molecule has 1 unspecified atom stereocenters. The topological polar surface area (TPSA) is 38.0 Å². The van der Waals surface area contributed by atoms with Crippen LogP contribution in [-0.4, -0.2) is 0 Å². The lowest BCUT2D eigenvalue weighted by Gasteiger charge is -2.20. The Morgan fingerprint density at radius 3 is 2.60 bits per heavy atom. The summed E-state index contributed by atoms with van der Waals surface area (Å²) in [5.74, 6) is 5.45. The van der Waals surface area contributed by atoms with Crippen LogP contribution < -0.4 is 11.3 Å². The molecule has 0 bridgehead atoms. The van der Waals surface area contributed by atoms with Gasteiger partial charge in [-0.1, -0.05) is 30.3 Å². The molecule has 0 aromatic heterocycles. The molecule has 3 N–H and O–H groups in total. The van der Waals surface area contributed by atoms with Gasteiger partial charge in [0.05, 0.1) is 10.5 Å². The summed E-state index contributed by atoms with van der Waals surface area (Å²) in [4.78, 5) is 0. The average Bonchev–Trinajstić information content (AvgIpc) is 2.44. The number of hydrogen-bond acceptors (Lipinski definition) is 2. The van der Waals surface area contributed by atoms with Gasteiger partial charge in [0.1, 0.15) is 5.82 Å². The highest BCUT2D eigenvalue weighted by atomic mass is 79.9. The fourth-order valence-corrected chi connectivity index (χ4v) is 2.76. The Labute approximate surface area is 127 Å². The first kappa shape index (κ1) is 15.2. The van der Waals surface area contributed by atoms with Gasteiger partial charge in [-0.15, -0.1) is 0 Å². The maximum Gasteiger partial charge on any atom is 0.137 e. The molecule has 0 amide bonds. The van der Waals surface area contributed by atoms with Crippen molar-refractivity contribution in [1.82, 2.24) is 5.43 Å². The molecule has 0 heterocycles. The monoisotopic (exact) mass is 336 g/mol. The first-order valence-corrected chi connectivity index (χ1v) is 7.29. The molecule has 0 aliphatic heterocycles. The minimum Gasteiger partial charge on any atom is -0.271 e. The fraction of sp³-hybridized carbons (Fsp3) is 0.250. The van der Waals surface area contributed by atoms with Crippen LogP contribution in [0.3, 0.4) is 0 Å². The van der Waals surface area contributed by atoms with E-state index >= 15 is 0 Å². The number of nitrogens with two attached hydrogens (primary N) is 1. The molecule has 20 heavy (non-hydrogen) atoms. The minimum absolute atomic E-state index is 0.0481. The second-order valence-corrected chi connectivity index (χ2v) is 5.72. The summed E-state index contributed by atoms with van der Waals surface area (Å²) in [7, 11) is 0. The van der Waals surface area contributed by atoms with Crippen molar-refractivity contribution in [2.45, 2.75) is 26.3 Å². The number of hydrazine groups is 1. The first-order chi connectivity index (χ1) is 9.54. The van der Waals surface area contributed by atoms with E-state index in [9.17, 15) is 4.39 Å². The average molecular weight is 337 g/mol. The highest BCUT2D eigenvalue weighted by molar-refractivity contribution is 9.10. The normalized spacial score (nSPS) is 12.4. The molecule has 0 radical (unpaired) electrons. The van der Waals surface area contributed by atoms with Crippen molar-refractivity contribution in [2.75, 3.05) is 0 Å². The van der Waals surface area contributed by atoms with E-state index in [1.807, 2.05) is 12.1 Å². The molecule has 0 spiro atoms. The summed E-state index contributed by atoms with van der Waals surface area (Å²) in [6, 6.07) is 11.2. The zero-order valence-corrected chi connectivity index (χ0v) is 13.2. The van der Waals surface area contributed by atoms with Crippen LogP contribution >= 0.6 is 15.9 Å². The van der Waals surface area contributed by atoms with Crippen molar-refractivity contribution < 1.29 is 4.39 Å². The third-order valence-corrected chi connectivity index (χ3v) is 4.57. The zero-order chi connectivity index (χ0) is 14.7. The number of nitrogens with one attached hydrogen (secondary N) is 1. The molecule has 2 aromatic rings. The molecule has 2 nitrogen and oxygen atoms in total. The lowest BCUT2D eigenvalue weighted by molar-refractivity contribution is 0.544. The minimum atomic E-state index is -0.251. The number of benzene rings is 2. The van der Waals surface area contributed by atoms with Gasteiger partial charge in [0.2, 0.25) is 0 Å². The number of aryl methyl sites for hydroxylation is 1. The van der Waals surface area contributed by atoms with Gasteiger partial charge >= 0.3 is 0 Å². The molecule has 0 saturated heterocycles. The van der Waals surface area contributed by atoms with E-state index in [0.717, 1.165) is 11.1 Å². The van der Waals surface area contributed by atoms with Gasteiger partial charge < -0.3 is 0 Å². The van der Waals surface area contributed by atoms with E-state index < -0.39 is 0 Å². The number of halogens is 2. The molecule has 0 aliphatic rings. The summed E-state index contributed by atoms with van der Waals surface area (Å²) in [6.45, 7) is 4.15. The zero-order valence-electron chi connectivity index (χ0n) is 11.6. The van der Waals surface area contributed by atoms with E-state index in [4.69, 9.17) is 5.84 Å². The van der Waals surface area contributed by atoms with Crippen molar-refractivity contribution in [1.29, 1.82) is 0 Å². The van der Waals surface area contributed by atoms with Crippen molar-refractivity contribution >= 4 is 15.9 Å². The Morgan fingerprint density at radius 2 is 1.90 bits per heavy atom. The molecule has 0 fully saturated rings. The van der Waals surface area contributed by atoms with Crippen LogP contribution in [0.2, 0.25) is 0 Å². The van der Waals surface area contributed by atoms with Crippen molar-refractivity contribution in [2.24, 2.45) is 5.84 Å². The third kappa shape index (κ3) is 3.08. The van der Waals surface area contributed by atoms with Gasteiger partial charge in [-0.25, -0.2) is 4.39 Å². The Bertz CT molecular complexity index is 613. The van der Waals surface area contributed by atoms with Crippen LogP contribution in [0.5, 0.6) is 0 Å². The highest BCUT2D eigenvalue weighted by Gasteiger charge is 2.16. The molecule has 0 aliphatic carbocycles. The number of hydrogen-bond donors (Lipinski definition) is 2. The molecular formula is C16H18BrFN2. The largest absolute Gasteiger partial charge is 0.271 e. The lowest BCUT2D eigenvalue weighted by Crippen LogP contribution is -2.30. The number of rotatable bonds is 4. The molecular weight excluding hydrogens is 319 g/mol. The predicted octanol–water partition coefficient (Wildman–Crippen LogP) is 3.95. The summed E-state index contributed by atoms with van der Waals surface area (Å²) in [6.07, 6.45) is 0.624.